The van der Waals surface area contributed by atoms with Crippen LogP contribution in [0.3, 0.4) is 0 Å². The Morgan fingerprint density at radius 1 is 0.878 bits per heavy atom. The number of esters is 1. The first kappa shape index (κ1) is 30.8. The molecular formula is C28H34O13. The lowest BCUT2D eigenvalue weighted by Crippen LogP contribution is -2.65. The molecule has 2 fully saturated rings. The van der Waals surface area contributed by atoms with Crippen LogP contribution in [0.15, 0.2) is 54.6 Å². The number of phenolic OH excluding ortho intramolecular Hbond substituents is 2. The lowest BCUT2D eigenvalue weighted by atomic mass is 9.97. The van der Waals surface area contributed by atoms with E-state index in [9.17, 15) is 40.5 Å². The van der Waals surface area contributed by atoms with Crippen molar-refractivity contribution in [1.29, 1.82) is 0 Å². The molecule has 2 aliphatic rings. The third-order valence-electron chi connectivity index (χ3n) is 6.81. The Morgan fingerprint density at radius 3 is 2.29 bits per heavy atom. The summed E-state index contributed by atoms with van der Waals surface area (Å²) in [5.74, 6) is -1.68. The number of aromatic hydroxyl groups is 2. The Morgan fingerprint density at radius 2 is 1.61 bits per heavy atom. The summed E-state index contributed by atoms with van der Waals surface area (Å²) < 4.78 is 28.3. The van der Waals surface area contributed by atoms with Gasteiger partial charge in [-0.25, -0.2) is 4.79 Å². The highest BCUT2D eigenvalue weighted by atomic mass is 16.7. The molecule has 10 atom stereocenters. The molecule has 2 aromatic carbocycles. The molecule has 7 N–H and O–H groups in total. The van der Waals surface area contributed by atoms with Gasteiger partial charge in [0.2, 0.25) is 0 Å². The highest BCUT2D eigenvalue weighted by Gasteiger charge is 2.52. The average Bonchev–Trinajstić information content (AvgIpc) is 2.97. The van der Waals surface area contributed by atoms with Crippen molar-refractivity contribution in [3.05, 3.63) is 65.7 Å². The van der Waals surface area contributed by atoms with Crippen molar-refractivity contribution in [2.75, 3.05) is 6.61 Å². The molecule has 0 radical (unpaired) electrons. The molecule has 4 rings (SSSR count). The van der Waals surface area contributed by atoms with Crippen molar-refractivity contribution in [1.82, 2.24) is 0 Å². The molecule has 13 nitrogen and oxygen atoms in total. The van der Waals surface area contributed by atoms with Gasteiger partial charge >= 0.3 is 5.97 Å². The smallest absolute Gasteiger partial charge is 0.331 e. The van der Waals surface area contributed by atoms with Crippen LogP contribution in [0.2, 0.25) is 0 Å². The number of carbonyl (C=O) groups is 1. The number of benzene rings is 2. The van der Waals surface area contributed by atoms with Crippen molar-refractivity contribution in [2.45, 2.75) is 74.9 Å². The standard InChI is InChI=1S/C28H34O13/c1-14-21(33)22(34)23(35)28(38-14)41-26-24(36)27(37-13-16-5-3-2-4-6-16)39-19(12-29)25(26)40-20(32)10-8-15-7-9-17(30)18(31)11-15/h2-11,14,19,21-31,33-36H,12-13H2,1H3/b10-8+/t14-,19+,21-,22+,23+,24+,25+,26+,27+,28-/m0/s1. The van der Waals surface area contributed by atoms with Crippen LogP contribution in [0.1, 0.15) is 18.1 Å². The molecule has 0 aliphatic carbocycles. The summed E-state index contributed by atoms with van der Waals surface area (Å²) in [4.78, 5) is 12.8. The summed E-state index contributed by atoms with van der Waals surface area (Å²) in [7, 11) is 0. The van der Waals surface area contributed by atoms with Crippen LogP contribution in [-0.4, -0.2) is 110 Å². The van der Waals surface area contributed by atoms with Gasteiger partial charge in [-0.1, -0.05) is 36.4 Å². The molecule has 0 aromatic heterocycles. The first-order chi connectivity index (χ1) is 19.6. The lowest BCUT2D eigenvalue weighted by molar-refractivity contribution is -0.358. The van der Waals surface area contributed by atoms with E-state index in [0.29, 0.717) is 5.56 Å². The maximum Gasteiger partial charge on any atom is 0.331 e. The molecule has 0 saturated carbocycles. The minimum Gasteiger partial charge on any atom is -0.504 e. The monoisotopic (exact) mass is 578 g/mol. The normalized spacial score (nSPS) is 34.0. The van der Waals surface area contributed by atoms with E-state index in [2.05, 4.69) is 0 Å². The number of ether oxygens (including phenoxy) is 5. The first-order valence-corrected chi connectivity index (χ1v) is 12.9. The molecule has 0 spiro atoms. The minimum atomic E-state index is -1.73. The zero-order valence-corrected chi connectivity index (χ0v) is 22.0. The van der Waals surface area contributed by atoms with Gasteiger partial charge in [-0.2, -0.15) is 0 Å². The SMILES string of the molecule is C[C@@H]1O[C@@H](O[C@@H]2[C@@H](O)[C@H](OCc3ccccc3)O[C@H](CO)[C@H]2OC(=O)/C=C/c2ccc(O)c(O)c2)[C@H](O)[C@H](O)[C@H]1O. The largest absolute Gasteiger partial charge is 0.504 e. The Kier molecular flexibility index (Phi) is 10.3. The van der Waals surface area contributed by atoms with Crippen molar-refractivity contribution in [3.8, 4) is 11.5 Å². The molecule has 0 amide bonds. The fourth-order valence-corrected chi connectivity index (χ4v) is 4.49. The van der Waals surface area contributed by atoms with E-state index in [1.165, 1.54) is 31.2 Å². The Labute approximate surface area is 235 Å². The molecule has 2 aliphatic heterocycles. The van der Waals surface area contributed by atoms with Gasteiger partial charge in [0.15, 0.2) is 30.2 Å². The van der Waals surface area contributed by atoms with Crippen LogP contribution in [0.5, 0.6) is 11.5 Å². The van der Waals surface area contributed by atoms with Crippen molar-refractivity contribution >= 4 is 12.0 Å². The Balaban J connectivity index is 1.55. The molecular weight excluding hydrogens is 544 g/mol. The van der Waals surface area contributed by atoms with Crippen LogP contribution < -0.4 is 0 Å². The average molecular weight is 579 g/mol. The molecule has 2 saturated heterocycles. The number of rotatable bonds is 9. The summed E-state index contributed by atoms with van der Waals surface area (Å²) in [6.45, 7) is 0.782. The van der Waals surface area contributed by atoms with Crippen LogP contribution in [-0.2, 0) is 35.1 Å². The summed E-state index contributed by atoms with van der Waals surface area (Å²) in [6, 6.07) is 12.9. The highest BCUT2D eigenvalue weighted by Crippen LogP contribution is 2.32. The Bertz CT molecular complexity index is 1170. The van der Waals surface area contributed by atoms with E-state index in [1.54, 1.807) is 24.3 Å². The van der Waals surface area contributed by atoms with Crippen LogP contribution >= 0.6 is 0 Å². The van der Waals surface area contributed by atoms with Gasteiger partial charge in [-0.05, 0) is 36.3 Å². The van der Waals surface area contributed by atoms with E-state index >= 15 is 0 Å². The maximum absolute atomic E-state index is 12.8. The molecule has 2 heterocycles. The number of carbonyl (C=O) groups excluding carboxylic acids is 1. The van der Waals surface area contributed by atoms with Crippen molar-refractivity contribution in [3.63, 3.8) is 0 Å². The zero-order chi connectivity index (χ0) is 29.7. The topological polar surface area (TPSA) is 205 Å². The minimum absolute atomic E-state index is 0.0184. The molecule has 41 heavy (non-hydrogen) atoms. The predicted molar refractivity (Wildman–Crippen MR) is 139 cm³/mol. The van der Waals surface area contributed by atoms with Gasteiger partial charge in [0.1, 0.15) is 36.6 Å². The molecule has 13 heteroatoms. The number of aliphatic hydroxyl groups excluding tert-OH is 5. The quantitative estimate of drug-likeness (QED) is 0.114. The van der Waals surface area contributed by atoms with E-state index in [1.807, 2.05) is 6.07 Å². The van der Waals surface area contributed by atoms with E-state index < -0.39 is 79.7 Å². The third-order valence-corrected chi connectivity index (χ3v) is 6.81. The van der Waals surface area contributed by atoms with E-state index in [-0.39, 0.29) is 12.4 Å². The summed E-state index contributed by atoms with van der Waals surface area (Å²) in [5, 5.41) is 71.2. The fourth-order valence-electron chi connectivity index (χ4n) is 4.49. The summed E-state index contributed by atoms with van der Waals surface area (Å²) in [5.41, 5.74) is 1.12. The van der Waals surface area contributed by atoms with Gasteiger partial charge in [0.05, 0.1) is 19.3 Å². The number of hydrogen-bond donors (Lipinski definition) is 7. The number of hydrogen-bond acceptors (Lipinski definition) is 13. The molecule has 224 valence electrons. The van der Waals surface area contributed by atoms with E-state index in [0.717, 1.165) is 11.6 Å². The van der Waals surface area contributed by atoms with Crippen LogP contribution in [0, 0.1) is 0 Å². The second-order valence-corrected chi connectivity index (χ2v) is 9.78. The van der Waals surface area contributed by atoms with Crippen molar-refractivity contribution < 1.29 is 64.2 Å². The maximum atomic E-state index is 12.8. The third kappa shape index (κ3) is 7.40. The van der Waals surface area contributed by atoms with Gasteiger partial charge < -0.3 is 59.4 Å². The second-order valence-electron chi connectivity index (χ2n) is 9.78. The van der Waals surface area contributed by atoms with Gasteiger partial charge in [0.25, 0.3) is 0 Å². The van der Waals surface area contributed by atoms with Crippen LogP contribution in [0.25, 0.3) is 6.08 Å². The first-order valence-electron chi connectivity index (χ1n) is 12.9. The van der Waals surface area contributed by atoms with Gasteiger partial charge in [-0.3, -0.25) is 0 Å². The van der Waals surface area contributed by atoms with Crippen molar-refractivity contribution in [2.24, 2.45) is 0 Å². The predicted octanol–water partition coefficient (Wildman–Crippen LogP) is -0.470. The number of aliphatic hydroxyl groups is 5. The molecule has 2 aromatic rings. The fraction of sp³-hybridized carbons (Fsp3) is 0.464. The van der Waals surface area contributed by atoms with E-state index in [4.69, 9.17) is 23.7 Å². The highest BCUT2D eigenvalue weighted by molar-refractivity contribution is 5.87. The lowest BCUT2D eigenvalue weighted by Gasteiger charge is -2.46. The van der Waals surface area contributed by atoms with Crippen LogP contribution in [0.4, 0.5) is 0 Å². The van der Waals surface area contributed by atoms with Gasteiger partial charge in [0, 0.05) is 6.08 Å². The summed E-state index contributed by atoms with van der Waals surface area (Å²) in [6.07, 6.45) is -12.2. The molecule has 0 bridgehead atoms. The van der Waals surface area contributed by atoms with Gasteiger partial charge in [-0.15, -0.1) is 0 Å². The molecule has 0 unspecified atom stereocenters. The number of phenols is 2. The Hall–Kier alpha value is -3.11. The zero-order valence-electron chi connectivity index (χ0n) is 22.0. The summed E-state index contributed by atoms with van der Waals surface area (Å²) >= 11 is 0. The second kappa shape index (κ2) is 13.7.